The van der Waals surface area contributed by atoms with Crippen LogP contribution in [0.5, 0.6) is 0 Å². The van der Waals surface area contributed by atoms with Gasteiger partial charge in [-0.15, -0.1) is 0 Å². The molecule has 0 amide bonds. The summed E-state index contributed by atoms with van der Waals surface area (Å²) in [4.78, 5) is 12.9. The number of aromatic nitrogens is 3. The van der Waals surface area contributed by atoms with Crippen molar-refractivity contribution in [1.82, 2.24) is 20.3 Å². The molecule has 1 saturated heterocycles. The van der Waals surface area contributed by atoms with Crippen LogP contribution in [0.1, 0.15) is 24.3 Å². The second kappa shape index (κ2) is 5.32. The number of nitrogens with zero attached hydrogens (tertiary/aromatic N) is 3. The molecule has 0 saturated carbocycles. The summed E-state index contributed by atoms with van der Waals surface area (Å²) in [5.41, 5.74) is 8.63. The number of anilines is 1. The molecule has 0 atom stereocenters. The monoisotopic (exact) mass is 255 g/mol. The van der Waals surface area contributed by atoms with Gasteiger partial charge in [0.2, 0.25) is 5.95 Å². The van der Waals surface area contributed by atoms with Gasteiger partial charge < -0.3 is 11.1 Å². The van der Waals surface area contributed by atoms with E-state index in [1.54, 1.807) is 6.20 Å². The molecule has 3 heterocycles. The van der Waals surface area contributed by atoms with Crippen molar-refractivity contribution < 1.29 is 0 Å². The molecule has 3 N–H and O–H groups in total. The molecule has 0 aliphatic carbocycles. The number of nitrogen functional groups attached to an aromatic ring is 1. The zero-order valence-electron chi connectivity index (χ0n) is 10.7. The van der Waals surface area contributed by atoms with Crippen LogP contribution in [-0.4, -0.2) is 28.0 Å². The molecule has 3 rings (SSSR count). The number of piperidine rings is 1. The van der Waals surface area contributed by atoms with Crippen molar-refractivity contribution >= 4 is 5.95 Å². The van der Waals surface area contributed by atoms with E-state index in [1.165, 1.54) is 0 Å². The number of nitrogens with two attached hydrogens (primary N) is 1. The number of pyridine rings is 1. The molecule has 98 valence electrons. The zero-order chi connectivity index (χ0) is 13.1. The van der Waals surface area contributed by atoms with Crippen LogP contribution in [0.25, 0.3) is 11.4 Å². The average molecular weight is 255 g/mol. The second-order valence-corrected chi connectivity index (χ2v) is 4.77. The Labute approximate surface area is 112 Å². The molecule has 2 aromatic heterocycles. The fraction of sp³-hybridized carbons (Fsp3) is 0.357. The summed E-state index contributed by atoms with van der Waals surface area (Å²) in [6.45, 7) is 2.08. The summed E-state index contributed by atoms with van der Waals surface area (Å²) in [5.74, 6) is 0.789. The fourth-order valence-electron chi connectivity index (χ4n) is 2.54. The van der Waals surface area contributed by atoms with E-state index in [2.05, 4.69) is 20.3 Å². The molecule has 5 nitrogen and oxygen atoms in total. The Balaban J connectivity index is 2.04. The highest BCUT2D eigenvalue weighted by Gasteiger charge is 2.21. The Bertz CT molecular complexity index is 549. The highest BCUT2D eigenvalue weighted by molar-refractivity contribution is 5.60. The van der Waals surface area contributed by atoms with Crippen molar-refractivity contribution in [3.8, 4) is 11.4 Å². The van der Waals surface area contributed by atoms with Gasteiger partial charge in [0.1, 0.15) is 0 Å². The average Bonchev–Trinajstić information content (AvgIpc) is 2.49. The summed E-state index contributed by atoms with van der Waals surface area (Å²) in [5, 5.41) is 3.37. The van der Waals surface area contributed by atoms with Gasteiger partial charge in [-0.3, -0.25) is 4.98 Å². The first-order chi connectivity index (χ1) is 9.34. The summed E-state index contributed by atoms with van der Waals surface area (Å²) in [6.07, 6.45) is 5.85. The smallest absolute Gasteiger partial charge is 0.220 e. The predicted molar refractivity (Wildman–Crippen MR) is 74.5 cm³/mol. The molecule has 0 radical (unpaired) electrons. The van der Waals surface area contributed by atoms with Crippen molar-refractivity contribution in [2.45, 2.75) is 18.8 Å². The number of nitrogens with one attached hydrogen (secondary N) is 1. The van der Waals surface area contributed by atoms with Gasteiger partial charge in [-0.25, -0.2) is 9.97 Å². The van der Waals surface area contributed by atoms with Gasteiger partial charge in [0.25, 0.3) is 0 Å². The van der Waals surface area contributed by atoms with Crippen LogP contribution in [0.3, 0.4) is 0 Å². The van der Waals surface area contributed by atoms with Gasteiger partial charge in [-0.1, -0.05) is 6.07 Å². The van der Waals surface area contributed by atoms with Crippen molar-refractivity contribution in [1.29, 1.82) is 0 Å². The van der Waals surface area contributed by atoms with Crippen molar-refractivity contribution in [2.24, 2.45) is 0 Å². The highest BCUT2D eigenvalue weighted by atomic mass is 15.0. The molecule has 0 aromatic carbocycles. The standard InChI is InChI=1S/C14H17N5/c15-14-18-9-11(10-4-7-16-8-5-10)13(19-14)12-3-1-2-6-17-12/h1-3,6,9-10,16H,4-5,7-8H2,(H2,15,18,19). The minimum absolute atomic E-state index is 0.304. The topological polar surface area (TPSA) is 76.7 Å². The summed E-state index contributed by atoms with van der Waals surface area (Å²) in [6, 6.07) is 5.83. The van der Waals surface area contributed by atoms with Gasteiger partial charge in [0.15, 0.2) is 0 Å². The fourth-order valence-corrected chi connectivity index (χ4v) is 2.54. The Kier molecular flexibility index (Phi) is 3.37. The van der Waals surface area contributed by atoms with Gasteiger partial charge in [-0.2, -0.15) is 0 Å². The lowest BCUT2D eigenvalue weighted by Gasteiger charge is -2.24. The molecule has 0 spiro atoms. The van der Waals surface area contributed by atoms with Crippen LogP contribution in [0.15, 0.2) is 30.6 Å². The quantitative estimate of drug-likeness (QED) is 0.852. The van der Waals surface area contributed by atoms with E-state index in [0.29, 0.717) is 11.9 Å². The summed E-state index contributed by atoms with van der Waals surface area (Å²) in [7, 11) is 0. The molecule has 0 bridgehead atoms. The number of rotatable bonds is 2. The summed E-state index contributed by atoms with van der Waals surface area (Å²) < 4.78 is 0. The van der Waals surface area contributed by atoms with Crippen LogP contribution in [0.4, 0.5) is 5.95 Å². The minimum Gasteiger partial charge on any atom is -0.368 e. The number of hydrogen-bond acceptors (Lipinski definition) is 5. The zero-order valence-corrected chi connectivity index (χ0v) is 10.7. The third kappa shape index (κ3) is 2.56. The Hall–Kier alpha value is -2.01. The Morgan fingerprint density at radius 1 is 1.16 bits per heavy atom. The first-order valence-corrected chi connectivity index (χ1v) is 6.59. The van der Waals surface area contributed by atoms with E-state index < -0.39 is 0 Å². The van der Waals surface area contributed by atoms with Crippen LogP contribution in [0, 0.1) is 0 Å². The van der Waals surface area contributed by atoms with Gasteiger partial charge in [-0.05, 0) is 44.0 Å². The minimum atomic E-state index is 0.304. The molecule has 1 fully saturated rings. The first kappa shape index (κ1) is 12.0. The van der Waals surface area contributed by atoms with Crippen molar-refractivity contribution in [3.05, 3.63) is 36.2 Å². The summed E-state index contributed by atoms with van der Waals surface area (Å²) >= 11 is 0. The van der Waals surface area contributed by atoms with Crippen molar-refractivity contribution in [3.63, 3.8) is 0 Å². The molecular weight excluding hydrogens is 238 g/mol. The largest absolute Gasteiger partial charge is 0.368 e. The Morgan fingerprint density at radius 3 is 2.74 bits per heavy atom. The van der Waals surface area contributed by atoms with Crippen LogP contribution >= 0.6 is 0 Å². The third-order valence-electron chi connectivity index (χ3n) is 3.52. The third-order valence-corrected chi connectivity index (χ3v) is 3.52. The Morgan fingerprint density at radius 2 is 2.00 bits per heavy atom. The van der Waals surface area contributed by atoms with Crippen LogP contribution in [0.2, 0.25) is 0 Å². The second-order valence-electron chi connectivity index (χ2n) is 4.77. The maximum atomic E-state index is 5.73. The maximum absolute atomic E-state index is 5.73. The lowest BCUT2D eigenvalue weighted by Crippen LogP contribution is -2.27. The van der Waals surface area contributed by atoms with E-state index in [4.69, 9.17) is 5.73 Å². The van der Waals surface area contributed by atoms with E-state index >= 15 is 0 Å². The maximum Gasteiger partial charge on any atom is 0.220 e. The normalized spacial score (nSPS) is 16.4. The number of hydrogen-bond donors (Lipinski definition) is 2. The lowest BCUT2D eigenvalue weighted by atomic mass is 9.89. The highest BCUT2D eigenvalue weighted by Crippen LogP contribution is 2.31. The molecule has 1 aliphatic heterocycles. The van der Waals surface area contributed by atoms with E-state index in [9.17, 15) is 0 Å². The lowest BCUT2D eigenvalue weighted by molar-refractivity contribution is 0.459. The van der Waals surface area contributed by atoms with Gasteiger partial charge in [0.05, 0.1) is 11.4 Å². The van der Waals surface area contributed by atoms with E-state index in [0.717, 1.165) is 42.9 Å². The van der Waals surface area contributed by atoms with Gasteiger partial charge in [0, 0.05) is 18.0 Å². The predicted octanol–water partition coefficient (Wildman–Crippen LogP) is 1.59. The molecular formula is C14H17N5. The van der Waals surface area contributed by atoms with Crippen molar-refractivity contribution in [2.75, 3.05) is 18.8 Å². The van der Waals surface area contributed by atoms with E-state index in [-0.39, 0.29) is 0 Å². The molecule has 5 heteroatoms. The molecule has 0 unspecified atom stereocenters. The van der Waals surface area contributed by atoms with E-state index in [1.807, 2.05) is 24.4 Å². The van der Waals surface area contributed by atoms with Gasteiger partial charge >= 0.3 is 0 Å². The first-order valence-electron chi connectivity index (χ1n) is 6.59. The molecule has 1 aliphatic rings. The molecule has 19 heavy (non-hydrogen) atoms. The van der Waals surface area contributed by atoms with Crippen LogP contribution < -0.4 is 11.1 Å². The SMILES string of the molecule is Nc1ncc(C2CCNCC2)c(-c2ccccn2)n1. The molecule has 2 aromatic rings. The van der Waals surface area contributed by atoms with Crippen LogP contribution in [-0.2, 0) is 0 Å².